The molecule has 2 saturated heterocycles. The lowest BCUT2D eigenvalue weighted by Crippen LogP contribution is -2.53. The summed E-state index contributed by atoms with van der Waals surface area (Å²) in [5.74, 6) is 7.52. The van der Waals surface area contributed by atoms with E-state index in [0.717, 1.165) is 44.3 Å². The molecule has 2 unspecified atom stereocenters. The fraction of sp³-hybridized carbons (Fsp3) is 0.630. The highest BCUT2D eigenvalue weighted by Gasteiger charge is 2.32. The number of hydrogen-bond acceptors (Lipinski definition) is 8. The van der Waals surface area contributed by atoms with Gasteiger partial charge in [0.05, 0.1) is 0 Å². The number of benzene rings is 1. The van der Waals surface area contributed by atoms with Crippen LogP contribution >= 0.6 is 23.2 Å². The molecule has 2 fully saturated rings. The van der Waals surface area contributed by atoms with Crippen molar-refractivity contribution in [2.45, 2.75) is 66.0 Å². The van der Waals surface area contributed by atoms with Crippen LogP contribution < -0.4 is 21.5 Å². The van der Waals surface area contributed by atoms with Gasteiger partial charge >= 0.3 is 0 Å². The molecule has 3 heterocycles. The highest BCUT2D eigenvalue weighted by molar-refractivity contribution is 6.30. The number of nitrogens with zero attached hydrogens (tertiary/aromatic N) is 5. The van der Waals surface area contributed by atoms with Gasteiger partial charge in [0.25, 0.3) is 0 Å². The van der Waals surface area contributed by atoms with Gasteiger partial charge in [-0.25, -0.2) is 5.84 Å². The van der Waals surface area contributed by atoms with Crippen molar-refractivity contribution < 1.29 is 4.74 Å². The molecule has 0 amide bonds. The number of nitrogens with two attached hydrogens (primary N) is 2. The minimum Gasteiger partial charge on any atom is -0.393 e. The van der Waals surface area contributed by atoms with Crippen LogP contribution in [0.5, 0.6) is 0 Å². The predicted octanol–water partition coefficient (Wildman–Crippen LogP) is 5.80. The second kappa shape index (κ2) is 15.5. The minimum absolute atomic E-state index is 0.139. The van der Waals surface area contributed by atoms with E-state index in [9.17, 15) is 0 Å². The van der Waals surface area contributed by atoms with E-state index in [1.807, 2.05) is 26.0 Å². The van der Waals surface area contributed by atoms with Crippen molar-refractivity contribution in [3.63, 3.8) is 0 Å². The molecule has 4 N–H and O–H groups in total. The lowest BCUT2D eigenvalue weighted by atomic mass is 9.94. The molecular formula is C27H45Cl2N7O. The molecule has 2 aliphatic heterocycles. The zero-order valence-corrected chi connectivity index (χ0v) is 24.8. The predicted molar refractivity (Wildman–Crippen MR) is 157 cm³/mol. The zero-order chi connectivity index (χ0) is 27.5. The molecule has 1 aromatic heterocycles. The van der Waals surface area contributed by atoms with Crippen molar-refractivity contribution in [3.8, 4) is 0 Å². The summed E-state index contributed by atoms with van der Waals surface area (Å²) in [6, 6.07) is 8.75. The molecule has 0 saturated carbocycles. The standard InChI is InChI=1S/C21H31Cl2N7.C4H8O.C2H6/c1-13(2)11-17(15-5-7-16(22)8-6-15)29-9-10-30(14(3)12-29)20-18(24)19(28(4)25)26-21(23)27-20;1-2-4-5-3-1;1-2/h5-8,13-14,17H,9-12,24-25H2,1-4H3;1-4H2;1-2H3. The number of piperazine rings is 1. The monoisotopic (exact) mass is 553 g/mol. The van der Waals surface area contributed by atoms with Gasteiger partial charge in [-0.1, -0.05) is 51.4 Å². The number of anilines is 3. The first-order chi connectivity index (χ1) is 17.7. The highest BCUT2D eigenvalue weighted by atomic mass is 35.5. The molecule has 8 nitrogen and oxygen atoms in total. The topological polar surface area (TPSA) is 96.8 Å². The summed E-state index contributed by atoms with van der Waals surface area (Å²) in [5, 5.41) is 2.27. The van der Waals surface area contributed by atoms with Crippen molar-refractivity contribution in [1.29, 1.82) is 0 Å². The quantitative estimate of drug-likeness (QED) is 0.263. The third-order valence-corrected chi connectivity index (χ3v) is 6.78. The first kappa shape index (κ1) is 31.4. The van der Waals surface area contributed by atoms with Crippen LogP contribution in [0.25, 0.3) is 0 Å². The number of nitrogen functional groups attached to an aromatic ring is 1. The average molecular weight is 555 g/mol. The molecule has 2 aliphatic rings. The first-order valence-corrected chi connectivity index (χ1v) is 14.1. The molecule has 4 rings (SSSR count). The maximum Gasteiger partial charge on any atom is 0.226 e. The Balaban J connectivity index is 0.000000602. The Morgan fingerprint density at radius 2 is 1.70 bits per heavy atom. The lowest BCUT2D eigenvalue weighted by molar-refractivity contribution is 0.146. The molecule has 0 radical (unpaired) electrons. The lowest BCUT2D eigenvalue weighted by Gasteiger charge is -2.44. The Hall–Kier alpha value is -1.84. The second-order valence-electron chi connectivity index (χ2n) is 9.72. The fourth-order valence-electron chi connectivity index (χ4n) is 4.63. The highest BCUT2D eigenvalue weighted by Crippen LogP contribution is 2.35. The Morgan fingerprint density at radius 3 is 2.19 bits per heavy atom. The number of rotatable bonds is 6. The van der Waals surface area contributed by atoms with Crippen LogP contribution in [0.4, 0.5) is 17.3 Å². The van der Waals surface area contributed by atoms with E-state index in [1.165, 1.54) is 23.4 Å². The SMILES string of the molecule is C1CCOC1.CC.CC(C)CC(c1ccc(Cl)cc1)N1CCN(c2nc(Cl)nc(N(C)N)c2N)C(C)C1. The van der Waals surface area contributed by atoms with E-state index < -0.39 is 0 Å². The van der Waals surface area contributed by atoms with Crippen LogP contribution in [0, 0.1) is 5.92 Å². The van der Waals surface area contributed by atoms with Gasteiger partial charge in [0.15, 0.2) is 11.6 Å². The molecule has 37 heavy (non-hydrogen) atoms. The summed E-state index contributed by atoms with van der Waals surface area (Å²) in [6.07, 6.45) is 3.64. The number of aromatic nitrogens is 2. The van der Waals surface area contributed by atoms with Gasteiger partial charge in [0.2, 0.25) is 5.28 Å². The summed E-state index contributed by atoms with van der Waals surface area (Å²) in [7, 11) is 1.68. The second-order valence-corrected chi connectivity index (χ2v) is 10.5. The number of halogens is 2. The van der Waals surface area contributed by atoms with E-state index in [0.29, 0.717) is 29.3 Å². The largest absolute Gasteiger partial charge is 0.393 e. The van der Waals surface area contributed by atoms with Gasteiger partial charge in [-0.15, -0.1) is 0 Å². The molecule has 1 aromatic carbocycles. The van der Waals surface area contributed by atoms with Crippen LogP contribution in [0.15, 0.2) is 24.3 Å². The number of hydrazine groups is 1. The van der Waals surface area contributed by atoms with Crippen molar-refractivity contribution in [2.75, 3.05) is 55.5 Å². The van der Waals surface area contributed by atoms with E-state index in [4.69, 9.17) is 39.5 Å². The van der Waals surface area contributed by atoms with Crippen LogP contribution in [0.3, 0.4) is 0 Å². The van der Waals surface area contributed by atoms with Gasteiger partial charge in [0, 0.05) is 57.0 Å². The first-order valence-electron chi connectivity index (χ1n) is 13.3. The Morgan fingerprint density at radius 1 is 1.08 bits per heavy atom. The van der Waals surface area contributed by atoms with Crippen LogP contribution in [0.1, 0.15) is 65.5 Å². The van der Waals surface area contributed by atoms with Gasteiger partial charge in [-0.05, 0) is 61.4 Å². The molecule has 0 bridgehead atoms. The van der Waals surface area contributed by atoms with Crippen LogP contribution in [0.2, 0.25) is 10.3 Å². The summed E-state index contributed by atoms with van der Waals surface area (Å²) >= 11 is 12.3. The Labute approximate surface area is 233 Å². The number of ether oxygens (including phenoxy) is 1. The normalized spacial score (nSPS) is 18.5. The van der Waals surface area contributed by atoms with E-state index >= 15 is 0 Å². The maximum absolute atomic E-state index is 6.34. The average Bonchev–Trinajstić information content (AvgIpc) is 3.46. The Bertz CT molecular complexity index is 931. The molecule has 2 aromatic rings. The van der Waals surface area contributed by atoms with Crippen molar-refractivity contribution in [1.82, 2.24) is 14.9 Å². The summed E-state index contributed by atoms with van der Waals surface area (Å²) in [6.45, 7) is 15.3. The molecule has 2 atom stereocenters. The Kier molecular flexibility index (Phi) is 13.2. The van der Waals surface area contributed by atoms with Crippen molar-refractivity contribution in [2.24, 2.45) is 11.8 Å². The van der Waals surface area contributed by atoms with E-state index in [1.54, 1.807) is 7.05 Å². The zero-order valence-electron chi connectivity index (χ0n) is 23.3. The molecule has 10 heteroatoms. The molecule has 0 aliphatic carbocycles. The third-order valence-electron chi connectivity index (χ3n) is 6.36. The minimum atomic E-state index is 0.139. The van der Waals surface area contributed by atoms with Gasteiger partial charge in [-0.2, -0.15) is 9.97 Å². The smallest absolute Gasteiger partial charge is 0.226 e. The van der Waals surface area contributed by atoms with E-state index in [2.05, 4.69) is 52.7 Å². The van der Waals surface area contributed by atoms with Crippen molar-refractivity contribution in [3.05, 3.63) is 40.1 Å². The molecule has 0 spiro atoms. The fourth-order valence-corrected chi connectivity index (χ4v) is 4.92. The van der Waals surface area contributed by atoms with Gasteiger partial charge < -0.3 is 15.4 Å². The van der Waals surface area contributed by atoms with Crippen molar-refractivity contribution >= 4 is 40.5 Å². The van der Waals surface area contributed by atoms with Crippen LogP contribution in [-0.4, -0.2) is 60.8 Å². The molecule has 208 valence electrons. The molecular weight excluding hydrogens is 509 g/mol. The maximum atomic E-state index is 6.34. The van der Waals surface area contributed by atoms with E-state index in [-0.39, 0.29) is 11.3 Å². The summed E-state index contributed by atoms with van der Waals surface area (Å²) < 4.78 is 4.94. The summed E-state index contributed by atoms with van der Waals surface area (Å²) in [5.41, 5.74) is 8.08. The van der Waals surface area contributed by atoms with Crippen LogP contribution in [-0.2, 0) is 4.74 Å². The third kappa shape index (κ3) is 9.14. The summed E-state index contributed by atoms with van der Waals surface area (Å²) in [4.78, 5) is 13.3. The van der Waals surface area contributed by atoms with Gasteiger partial charge in [0.1, 0.15) is 5.69 Å². The van der Waals surface area contributed by atoms with Gasteiger partial charge in [-0.3, -0.25) is 9.91 Å². The number of hydrogen-bond donors (Lipinski definition) is 2.